The van der Waals surface area contributed by atoms with Crippen molar-refractivity contribution in [1.82, 2.24) is 0 Å². The van der Waals surface area contributed by atoms with Crippen molar-refractivity contribution in [2.75, 3.05) is 6.61 Å². The van der Waals surface area contributed by atoms with Gasteiger partial charge in [0.25, 0.3) is 0 Å². The van der Waals surface area contributed by atoms with Crippen molar-refractivity contribution in [2.24, 2.45) is 11.3 Å². The number of allylic oxidation sites excluding steroid dienone is 2. The van der Waals surface area contributed by atoms with Crippen molar-refractivity contribution in [3.8, 4) is 0 Å². The zero-order chi connectivity index (χ0) is 16.0. The first-order chi connectivity index (χ1) is 9.83. The summed E-state index contributed by atoms with van der Waals surface area (Å²) in [5, 5.41) is 18.6. The lowest BCUT2D eigenvalue weighted by atomic mass is 9.67. The third-order valence-corrected chi connectivity index (χ3v) is 3.60. The maximum atomic E-state index is 11.6. The van der Waals surface area contributed by atoms with Crippen molar-refractivity contribution >= 4 is 17.9 Å². The number of carbonyl (C=O) groups excluding carboxylic acids is 1. The molecule has 0 saturated carbocycles. The molecule has 0 radical (unpaired) electrons. The van der Waals surface area contributed by atoms with Gasteiger partial charge in [-0.2, -0.15) is 0 Å². The van der Waals surface area contributed by atoms with Crippen LogP contribution in [0.15, 0.2) is 36.5 Å². The molecule has 1 rings (SSSR count). The van der Waals surface area contributed by atoms with Crippen LogP contribution >= 0.6 is 0 Å². The molecule has 1 aliphatic carbocycles. The predicted octanol–water partition coefficient (Wildman–Crippen LogP) is 1.78. The molecule has 0 fully saturated rings. The highest BCUT2D eigenvalue weighted by Gasteiger charge is 2.47. The number of ether oxygens (including phenoxy) is 1. The standard InChI is InChI=1S/C15H18O6/c1-3-12(16)21-9-5-7-10-6-4-8-11(13(17)18)15(10,2)14(19)20/h3-4,6,8,11H,1,5,7,9H2,2H3,(H,17,18)(H,19,20). The summed E-state index contributed by atoms with van der Waals surface area (Å²) in [7, 11) is 0. The molecular weight excluding hydrogens is 276 g/mol. The van der Waals surface area contributed by atoms with Crippen molar-refractivity contribution in [1.29, 1.82) is 0 Å². The Morgan fingerprint density at radius 2 is 2.10 bits per heavy atom. The van der Waals surface area contributed by atoms with E-state index in [1.165, 1.54) is 13.0 Å². The molecule has 114 valence electrons. The van der Waals surface area contributed by atoms with Gasteiger partial charge in [-0.05, 0) is 19.8 Å². The Balaban J connectivity index is 2.79. The van der Waals surface area contributed by atoms with E-state index in [2.05, 4.69) is 6.58 Å². The van der Waals surface area contributed by atoms with Crippen LogP contribution in [-0.2, 0) is 19.1 Å². The Morgan fingerprint density at radius 3 is 2.62 bits per heavy atom. The lowest BCUT2D eigenvalue weighted by Gasteiger charge is -2.34. The fourth-order valence-electron chi connectivity index (χ4n) is 2.29. The summed E-state index contributed by atoms with van der Waals surface area (Å²) in [5.41, 5.74) is -0.997. The summed E-state index contributed by atoms with van der Waals surface area (Å²) in [6.45, 7) is 4.79. The van der Waals surface area contributed by atoms with Gasteiger partial charge in [-0.1, -0.05) is 30.4 Å². The zero-order valence-corrected chi connectivity index (χ0v) is 11.7. The molecule has 6 heteroatoms. The van der Waals surface area contributed by atoms with E-state index in [0.29, 0.717) is 18.4 Å². The van der Waals surface area contributed by atoms with Crippen LogP contribution in [0.3, 0.4) is 0 Å². The van der Waals surface area contributed by atoms with Gasteiger partial charge in [0, 0.05) is 6.08 Å². The average molecular weight is 294 g/mol. The van der Waals surface area contributed by atoms with Crippen LogP contribution in [0, 0.1) is 11.3 Å². The molecule has 2 unspecified atom stereocenters. The van der Waals surface area contributed by atoms with E-state index in [-0.39, 0.29) is 6.61 Å². The quantitative estimate of drug-likeness (QED) is 0.421. The Hall–Kier alpha value is -2.37. The maximum absolute atomic E-state index is 11.6. The largest absolute Gasteiger partial charge is 0.481 e. The molecule has 0 aliphatic heterocycles. The molecule has 21 heavy (non-hydrogen) atoms. The van der Waals surface area contributed by atoms with E-state index in [4.69, 9.17) is 4.74 Å². The summed E-state index contributed by atoms with van der Waals surface area (Å²) in [5.74, 6) is -4.03. The molecule has 2 atom stereocenters. The third kappa shape index (κ3) is 3.59. The lowest BCUT2D eigenvalue weighted by Crippen LogP contribution is -2.42. The van der Waals surface area contributed by atoms with Crippen LogP contribution in [0.5, 0.6) is 0 Å². The molecule has 0 bridgehead atoms. The van der Waals surface area contributed by atoms with Gasteiger partial charge >= 0.3 is 17.9 Å². The first kappa shape index (κ1) is 16.7. The highest BCUT2D eigenvalue weighted by atomic mass is 16.5. The van der Waals surface area contributed by atoms with Gasteiger partial charge in [0.2, 0.25) is 0 Å². The fraction of sp³-hybridized carbons (Fsp3) is 0.400. The molecule has 0 aromatic rings. The molecule has 0 spiro atoms. The molecule has 2 N–H and O–H groups in total. The molecule has 6 nitrogen and oxygen atoms in total. The van der Waals surface area contributed by atoms with E-state index in [0.717, 1.165) is 6.08 Å². The van der Waals surface area contributed by atoms with Crippen LogP contribution < -0.4 is 0 Å². The number of carboxylic acids is 2. The first-order valence-corrected chi connectivity index (χ1v) is 6.47. The summed E-state index contributed by atoms with van der Waals surface area (Å²) in [6.07, 6.45) is 6.33. The molecule has 0 aromatic heterocycles. The number of esters is 1. The lowest BCUT2D eigenvalue weighted by molar-refractivity contribution is -0.156. The van der Waals surface area contributed by atoms with Crippen molar-refractivity contribution in [3.63, 3.8) is 0 Å². The topological polar surface area (TPSA) is 101 Å². The van der Waals surface area contributed by atoms with Crippen LogP contribution in [0.1, 0.15) is 19.8 Å². The van der Waals surface area contributed by atoms with Crippen LogP contribution in [0.2, 0.25) is 0 Å². The average Bonchev–Trinajstić information content (AvgIpc) is 2.44. The number of carboxylic acid groups (broad SMARTS) is 2. The summed E-state index contributed by atoms with van der Waals surface area (Å²) < 4.78 is 4.82. The second-order valence-corrected chi connectivity index (χ2v) is 4.88. The Labute approximate surface area is 122 Å². The van der Waals surface area contributed by atoms with Gasteiger partial charge in [0.05, 0.1) is 12.5 Å². The van der Waals surface area contributed by atoms with Gasteiger partial charge < -0.3 is 14.9 Å². The molecule has 0 amide bonds. The van der Waals surface area contributed by atoms with Crippen molar-refractivity contribution < 1.29 is 29.3 Å². The molecule has 1 aliphatic rings. The smallest absolute Gasteiger partial charge is 0.330 e. The summed E-state index contributed by atoms with van der Waals surface area (Å²) >= 11 is 0. The minimum Gasteiger partial charge on any atom is -0.481 e. The summed E-state index contributed by atoms with van der Waals surface area (Å²) in [6, 6.07) is 0. The van der Waals surface area contributed by atoms with E-state index in [9.17, 15) is 24.6 Å². The maximum Gasteiger partial charge on any atom is 0.330 e. The normalized spacial score (nSPS) is 24.0. The van der Waals surface area contributed by atoms with Crippen LogP contribution in [0.4, 0.5) is 0 Å². The van der Waals surface area contributed by atoms with Crippen LogP contribution in [0.25, 0.3) is 0 Å². The number of hydrogen-bond acceptors (Lipinski definition) is 4. The molecule has 0 saturated heterocycles. The summed E-state index contributed by atoms with van der Waals surface area (Å²) in [4.78, 5) is 33.7. The van der Waals surface area contributed by atoms with Crippen molar-refractivity contribution in [3.05, 3.63) is 36.5 Å². The van der Waals surface area contributed by atoms with E-state index in [1.54, 1.807) is 12.2 Å². The Bertz CT molecular complexity index is 516. The third-order valence-electron chi connectivity index (χ3n) is 3.60. The van der Waals surface area contributed by atoms with Gasteiger partial charge in [0.1, 0.15) is 5.41 Å². The molecule has 0 aromatic carbocycles. The number of hydrogen-bond donors (Lipinski definition) is 2. The van der Waals surface area contributed by atoms with Gasteiger partial charge in [0.15, 0.2) is 0 Å². The number of aliphatic carboxylic acids is 2. The van der Waals surface area contributed by atoms with E-state index < -0.39 is 29.2 Å². The second kappa shape index (κ2) is 6.88. The molecular formula is C15H18O6. The van der Waals surface area contributed by atoms with Gasteiger partial charge in [-0.3, -0.25) is 9.59 Å². The predicted molar refractivity (Wildman–Crippen MR) is 74.5 cm³/mol. The minimum atomic E-state index is -1.50. The van der Waals surface area contributed by atoms with E-state index >= 15 is 0 Å². The van der Waals surface area contributed by atoms with Gasteiger partial charge in [-0.25, -0.2) is 4.79 Å². The Morgan fingerprint density at radius 1 is 1.43 bits per heavy atom. The monoisotopic (exact) mass is 294 g/mol. The first-order valence-electron chi connectivity index (χ1n) is 6.47. The second-order valence-electron chi connectivity index (χ2n) is 4.88. The number of carbonyl (C=O) groups is 3. The highest BCUT2D eigenvalue weighted by molar-refractivity contribution is 5.88. The SMILES string of the molecule is C=CC(=O)OCCCC1=CC=CC(C(=O)O)C1(C)C(=O)O. The minimum absolute atomic E-state index is 0.124. The van der Waals surface area contributed by atoms with Crippen molar-refractivity contribution in [2.45, 2.75) is 19.8 Å². The fourth-order valence-corrected chi connectivity index (χ4v) is 2.29. The molecule has 0 heterocycles. The van der Waals surface area contributed by atoms with Crippen LogP contribution in [-0.4, -0.2) is 34.7 Å². The van der Waals surface area contributed by atoms with E-state index in [1.807, 2.05) is 0 Å². The van der Waals surface area contributed by atoms with Gasteiger partial charge in [-0.15, -0.1) is 0 Å². The Kier molecular flexibility index (Phi) is 5.46. The highest BCUT2D eigenvalue weighted by Crippen LogP contribution is 2.41. The number of rotatable bonds is 7. The zero-order valence-electron chi connectivity index (χ0n) is 11.7.